The molecule has 5 rings (SSSR count). The van der Waals surface area contributed by atoms with E-state index < -0.39 is 0 Å². The number of aromatic nitrogens is 2. The second-order valence-corrected chi connectivity index (χ2v) is 8.80. The molecule has 4 aromatic rings. The van der Waals surface area contributed by atoms with Crippen molar-refractivity contribution in [2.75, 3.05) is 10.6 Å². The first-order chi connectivity index (χ1) is 16.0. The van der Waals surface area contributed by atoms with E-state index in [1.165, 1.54) is 12.1 Å². The number of anilines is 2. The molecule has 33 heavy (non-hydrogen) atoms. The summed E-state index contributed by atoms with van der Waals surface area (Å²) in [5.41, 5.74) is 4.86. The Balaban J connectivity index is 1.55. The SMILES string of the molecule is Cc1cccc(NC(=O)c2cnn3c2NC(c2ccc(Br)cc2)=C[C@H]3c2ccc(F)cc2)c1. The van der Waals surface area contributed by atoms with Gasteiger partial charge in [-0.05, 0) is 66.1 Å². The first kappa shape index (κ1) is 21.2. The van der Waals surface area contributed by atoms with Crippen LogP contribution < -0.4 is 10.6 Å². The predicted molar refractivity (Wildman–Crippen MR) is 132 cm³/mol. The second-order valence-electron chi connectivity index (χ2n) is 7.88. The van der Waals surface area contributed by atoms with E-state index in [0.29, 0.717) is 11.4 Å². The Kier molecular flexibility index (Phi) is 5.56. The Labute approximate surface area is 199 Å². The van der Waals surface area contributed by atoms with Crippen LogP contribution >= 0.6 is 15.9 Å². The van der Waals surface area contributed by atoms with Gasteiger partial charge in [0.15, 0.2) is 0 Å². The van der Waals surface area contributed by atoms with E-state index in [0.717, 1.165) is 32.5 Å². The monoisotopic (exact) mass is 502 g/mol. The molecular formula is C26H20BrFN4O. The molecule has 0 saturated carbocycles. The Morgan fingerprint density at radius 3 is 2.58 bits per heavy atom. The summed E-state index contributed by atoms with van der Waals surface area (Å²) < 4.78 is 16.3. The van der Waals surface area contributed by atoms with E-state index in [9.17, 15) is 9.18 Å². The number of amides is 1. The Morgan fingerprint density at radius 1 is 1.09 bits per heavy atom. The van der Waals surface area contributed by atoms with Crippen LogP contribution in [-0.2, 0) is 0 Å². The number of nitrogens with one attached hydrogen (secondary N) is 2. The van der Waals surface area contributed by atoms with E-state index in [2.05, 4.69) is 31.7 Å². The third kappa shape index (κ3) is 4.32. The fourth-order valence-corrected chi connectivity index (χ4v) is 4.14. The van der Waals surface area contributed by atoms with Crippen molar-refractivity contribution in [3.05, 3.63) is 118 Å². The average Bonchev–Trinajstić information content (AvgIpc) is 3.24. The van der Waals surface area contributed by atoms with Gasteiger partial charge in [0.1, 0.15) is 17.2 Å². The van der Waals surface area contributed by atoms with Gasteiger partial charge in [-0.3, -0.25) is 4.79 Å². The number of carbonyl (C=O) groups excluding carboxylic acids is 1. The maximum Gasteiger partial charge on any atom is 0.261 e. The van der Waals surface area contributed by atoms with Crippen LogP contribution in [0.5, 0.6) is 0 Å². The molecule has 164 valence electrons. The van der Waals surface area contributed by atoms with Crippen LogP contribution in [0, 0.1) is 12.7 Å². The molecule has 0 fully saturated rings. The number of allylic oxidation sites excluding steroid dienone is 1. The van der Waals surface area contributed by atoms with Crippen LogP contribution in [0.4, 0.5) is 15.9 Å². The lowest BCUT2D eigenvalue weighted by atomic mass is 10.0. The minimum Gasteiger partial charge on any atom is -0.339 e. The third-order valence-corrected chi connectivity index (χ3v) is 6.05. The topological polar surface area (TPSA) is 59.0 Å². The molecular weight excluding hydrogens is 483 g/mol. The van der Waals surface area contributed by atoms with Crippen molar-refractivity contribution in [2.45, 2.75) is 13.0 Å². The molecule has 2 N–H and O–H groups in total. The van der Waals surface area contributed by atoms with Gasteiger partial charge in [0, 0.05) is 15.9 Å². The van der Waals surface area contributed by atoms with Gasteiger partial charge in [0.25, 0.3) is 5.91 Å². The summed E-state index contributed by atoms with van der Waals surface area (Å²) in [6.45, 7) is 1.97. The number of rotatable bonds is 4. The highest BCUT2D eigenvalue weighted by atomic mass is 79.9. The van der Waals surface area contributed by atoms with Crippen LogP contribution in [0.25, 0.3) is 5.70 Å². The van der Waals surface area contributed by atoms with Crippen LogP contribution in [0.3, 0.4) is 0 Å². The molecule has 1 aromatic heterocycles. The van der Waals surface area contributed by atoms with Crippen molar-refractivity contribution in [3.63, 3.8) is 0 Å². The highest BCUT2D eigenvalue weighted by molar-refractivity contribution is 9.10. The fraction of sp³-hybridized carbons (Fsp3) is 0.0769. The Bertz CT molecular complexity index is 1360. The summed E-state index contributed by atoms with van der Waals surface area (Å²) in [6, 6.07) is 21.6. The highest BCUT2D eigenvalue weighted by Gasteiger charge is 2.28. The van der Waals surface area contributed by atoms with Gasteiger partial charge in [0.2, 0.25) is 0 Å². The van der Waals surface area contributed by atoms with E-state index in [1.807, 2.05) is 61.5 Å². The quantitative estimate of drug-likeness (QED) is 0.339. The van der Waals surface area contributed by atoms with Crippen molar-refractivity contribution in [1.29, 1.82) is 0 Å². The van der Waals surface area contributed by atoms with Crippen LogP contribution in [-0.4, -0.2) is 15.7 Å². The lowest BCUT2D eigenvalue weighted by Crippen LogP contribution is -2.22. The number of nitrogens with zero attached hydrogens (tertiary/aromatic N) is 2. The van der Waals surface area contributed by atoms with Crippen molar-refractivity contribution in [2.24, 2.45) is 0 Å². The molecule has 1 aliphatic heterocycles. The van der Waals surface area contributed by atoms with Gasteiger partial charge in [-0.25, -0.2) is 9.07 Å². The summed E-state index contributed by atoms with van der Waals surface area (Å²) in [4.78, 5) is 13.2. The fourth-order valence-electron chi connectivity index (χ4n) is 3.88. The van der Waals surface area contributed by atoms with Gasteiger partial charge < -0.3 is 10.6 Å². The molecule has 1 atom stereocenters. The van der Waals surface area contributed by atoms with Crippen molar-refractivity contribution >= 4 is 39.0 Å². The summed E-state index contributed by atoms with van der Waals surface area (Å²) in [5, 5.41) is 10.8. The van der Waals surface area contributed by atoms with E-state index >= 15 is 0 Å². The van der Waals surface area contributed by atoms with Gasteiger partial charge in [-0.2, -0.15) is 5.10 Å². The molecule has 0 saturated heterocycles. The molecule has 0 radical (unpaired) electrons. The predicted octanol–water partition coefficient (Wildman–Crippen LogP) is 6.40. The summed E-state index contributed by atoms with van der Waals surface area (Å²) in [7, 11) is 0. The summed E-state index contributed by atoms with van der Waals surface area (Å²) >= 11 is 3.47. The van der Waals surface area contributed by atoms with Crippen molar-refractivity contribution < 1.29 is 9.18 Å². The van der Waals surface area contributed by atoms with Gasteiger partial charge in [-0.15, -0.1) is 0 Å². The molecule has 5 nitrogen and oxygen atoms in total. The molecule has 1 amide bonds. The number of aryl methyl sites for hydroxylation is 1. The summed E-state index contributed by atoms with van der Waals surface area (Å²) in [6.07, 6.45) is 3.58. The lowest BCUT2D eigenvalue weighted by Gasteiger charge is -2.26. The smallest absolute Gasteiger partial charge is 0.261 e. The number of halogens is 2. The Morgan fingerprint density at radius 2 is 1.85 bits per heavy atom. The molecule has 7 heteroatoms. The summed E-state index contributed by atoms with van der Waals surface area (Å²) in [5.74, 6) is 0.0165. The van der Waals surface area contributed by atoms with Gasteiger partial charge >= 0.3 is 0 Å². The number of carbonyl (C=O) groups is 1. The molecule has 3 aromatic carbocycles. The van der Waals surface area contributed by atoms with Gasteiger partial charge in [0.05, 0.1) is 12.2 Å². The minimum absolute atomic E-state index is 0.260. The molecule has 2 heterocycles. The van der Waals surface area contributed by atoms with Gasteiger partial charge in [-0.1, -0.05) is 52.3 Å². The maximum absolute atomic E-state index is 13.6. The second kappa shape index (κ2) is 8.67. The molecule has 0 spiro atoms. The molecule has 1 aliphatic rings. The number of fused-ring (bicyclic) bond motifs is 1. The first-order valence-electron chi connectivity index (χ1n) is 10.4. The Hall–Kier alpha value is -3.71. The number of benzene rings is 3. The van der Waals surface area contributed by atoms with Crippen LogP contribution in [0.1, 0.15) is 33.1 Å². The largest absolute Gasteiger partial charge is 0.339 e. The van der Waals surface area contributed by atoms with Crippen LogP contribution in [0.2, 0.25) is 0 Å². The molecule has 0 unspecified atom stereocenters. The molecule has 0 bridgehead atoms. The average molecular weight is 503 g/mol. The minimum atomic E-state index is -0.305. The number of hydrogen-bond acceptors (Lipinski definition) is 3. The van der Waals surface area contributed by atoms with E-state index in [4.69, 9.17) is 0 Å². The van der Waals surface area contributed by atoms with E-state index in [1.54, 1.807) is 23.0 Å². The normalized spacial score (nSPS) is 14.8. The zero-order valence-corrected chi connectivity index (χ0v) is 19.3. The zero-order chi connectivity index (χ0) is 22.9. The lowest BCUT2D eigenvalue weighted by molar-refractivity contribution is 0.102. The molecule has 0 aliphatic carbocycles. The van der Waals surface area contributed by atoms with Crippen molar-refractivity contribution in [3.8, 4) is 0 Å². The maximum atomic E-state index is 13.6. The van der Waals surface area contributed by atoms with E-state index in [-0.39, 0.29) is 17.8 Å². The van der Waals surface area contributed by atoms with Crippen molar-refractivity contribution in [1.82, 2.24) is 9.78 Å². The first-order valence-corrected chi connectivity index (χ1v) is 11.2. The number of hydrogen-bond donors (Lipinski definition) is 2. The zero-order valence-electron chi connectivity index (χ0n) is 17.7. The standard InChI is InChI=1S/C26H20BrFN4O/c1-16-3-2-4-21(13-16)30-26(33)22-15-29-32-24(18-7-11-20(28)12-8-18)14-23(31-25(22)32)17-5-9-19(27)10-6-17/h2-15,24,31H,1H3,(H,30,33)/t24-/m0/s1. The third-order valence-electron chi connectivity index (χ3n) is 5.52. The highest BCUT2D eigenvalue weighted by Crippen LogP contribution is 2.35. The van der Waals surface area contributed by atoms with Crippen LogP contribution in [0.15, 0.2) is 89.5 Å².